The van der Waals surface area contributed by atoms with Crippen LogP contribution in [0.4, 0.5) is 11.4 Å². The average Bonchev–Trinajstić information content (AvgIpc) is 2.18. The van der Waals surface area contributed by atoms with Crippen LogP contribution in [0.2, 0.25) is 0 Å². The van der Waals surface area contributed by atoms with Crippen molar-refractivity contribution < 1.29 is 4.79 Å². The van der Waals surface area contributed by atoms with Crippen LogP contribution in [0.3, 0.4) is 0 Å². The summed E-state index contributed by atoms with van der Waals surface area (Å²) in [7, 11) is 0. The molecular weight excluding hydrogens is 202 g/mol. The summed E-state index contributed by atoms with van der Waals surface area (Å²) in [5.74, 6) is -0.142. The summed E-state index contributed by atoms with van der Waals surface area (Å²) in [4.78, 5) is 11.4. The largest absolute Gasteiger partial charge is 0.399 e. The topological polar surface area (TPSA) is 81.1 Å². The first-order chi connectivity index (χ1) is 7.49. The molecule has 5 N–H and O–H groups in total. The molecule has 86 valence electrons. The van der Waals surface area contributed by atoms with Gasteiger partial charge in [-0.05, 0) is 43.7 Å². The minimum Gasteiger partial charge on any atom is -0.399 e. The maximum absolute atomic E-state index is 11.4. The first kappa shape index (κ1) is 12.1. The number of nitrogen functional groups attached to an aromatic ring is 2. The molecule has 1 rings (SSSR count). The van der Waals surface area contributed by atoms with Gasteiger partial charge in [-0.3, -0.25) is 4.79 Å². The van der Waals surface area contributed by atoms with Crippen LogP contribution >= 0.6 is 0 Å². The summed E-state index contributed by atoms with van der Waals surface area (Å²) in [5, 5.41) is 2.75. The van der Waals surface area contributed by atoms with Gasteiger partial charge in [-0.1, -0.05) is 0 Å². The van der Waals surface area contributed by atoms with Crippen molar-refractivity contribution in [3.8, 4) is 0 Å². The molecule has 4 nitrogen and oxygen atoms in total. The number of carbonyl (C=O) groups excluding carboxylic acids is 1. The number of hydrogen-bond acceptors (Lipinski definition) is 3. The van der Waals surface area contributed by atoms with Gasteiger partial charge in [-0.2, -0.15) is 0 Å². The molecule has 0 fully saturated rings. The Morgan fingerprint density at radius 2 is 2.06 bits per heavy atom. The number of benzene rings is 1. The Labute approximate surface area is 95.3 Å². The number of nitrogens with one attached hydrogen (secondary N) is 1. The second kappa shape index (κ2) is 5.21. The molecule has 0 spiro atoms. The third-order valence-corrected chi connectivity index (χ3v) is 1.96. The van der Waals surface area contributed by atoms with Crippen molar-refractivity contribution in [1.29, 1.82) is 0 Å². The first-order valence-corrected chi connectivity index (χ1v) is 5.12. The van der Waals surface area contributed by atoms with Crippen LogP contribution < -0.4 is 16.8 Å². The summed E-state index contributed by atoms with van der Waals surface area (Å²) in [6.45, 7) is 3.81. The highest BCUT2D eigenvalue weighted by Crippen LogP contribution is 2.16. The number of carbonyl (C=O) groups is 1. The minimum atomic E-state index is -0.142. The van der Waals surface area contributed by atoms with Gasteiger partial charge in [0, 0.05) is 23.5 Å². The van der Waals surface area contributed by atoms with Crippen LogP contribution in [0.1, 0.15) is 19.4 Å². The van der Waals surface area contributed by atoms with Crippen LogP contribution in [0.15, 0.2) is 24.3 Å². The molecule has 0 radical (unpaired) electrons. The van der Waals surface area contributed by atoms with Crippen molar-refractivity contribution in [3.05, 3.63) is 29.8 Å². The van der Waals surface area contributed by atoms with Crippen molar-refractivity contribution >= 4 is 23.4 Å². The van der Waals surface area contributed by atoms with E-state index in [9.17, 15) is 4.79 Å². The molecule has 1 amide bonds. The lowest BCUT2D eigenvalue weighted by Crippen LogP contribution is -2.28. The number of nitrogens with two attached hydrogens (primary N) is 2. The highest BCUT2D eigenvalue weighted by Gasteiger charge is 1.99. The Hall–Kier alpha value is -1.97. The van der Waals surface area contributed by atoms with Crippen molar-refractivity contribution in [2.24, 2.45) is 0 Å². The zero-order chi connectivity index (χ0) is 12.1. The third kappa shape index (κ3) is 3.65. The van der Waals surface area contributed by atoms with E-state index in [2.05, 4.69) is 5.32 Å². The zero-order valence-corrected chi connectivity index (χ0v) is 9.53. The lowest BCUT2D eigenvalue weighted by atomic mass is 10.1. The second-order valence-electron chi connectivity index (χ2n) is 3.88. The van der Waals surface area contributed by atoms with Gasteiger partial charge in [0.2, 0.25) is 5.91 Å². The smallest absolute Gasteiger partial charge is 0.244 e. The van der Waals surface area contributed by atoms with Gasteiger partial charge in [0.05, 0.1) is 0 Å². The summed E-state index contributed by atoms with van der Waals surface area (Å²) < 4.78 is 0. The Balaban J connectivity index is 2.76. The number of anilines is 2. The normalized spacial score (nSPS) is 10.9. The number of hydrogen-bond donors (Lipinski definition) is 3. The lowest BCUT2D eigenvalue weighted by Gasteiger charge is -2.05. The van der Waals surface area contributed by atoms with E-state index in [1.807, 2.05) is 13.8 Å². The molecule has 0 unspecified atom stereocenters. The van der Waals surface area contributed by atoms with Crippen molar-refractivity contribution in [1.82, 2.24) is 5.32 Å². The van der Waals surface area contributed by atoms with Crippen LogP contribution in [0.25, 0.3) is 6.08 Å². The van der Waals surface area contributed by atoms with Gasteiger partial charge < -0.3 is 16.8 Å². The van der Waals surface area contributed by atoms with Crippen LogP contribution in [0.5, 0.6) is 0 Å². The number of amides is 1. The van der Waals surface area contributed by atoms with Crippen molar-refractivity contribution in [2.75, 3.05) is 11.5 Å². The predicted octanol–water partition coefficient (Wildman–Crippen LogP) is 1.39. The molecule has 0 aliphatic heterocycles. The van der Waals surface area contributed by atoms with Crippen molar-refractivity contribution in [3.63, 3.8) is 0 Å². The van der Waals surface area contributed by atoms with E-state index in [4.69, 9.17) is 11.5 Å². The average molecular weight is 219 g/mol. The fourth-order valence-corrected chi connectivity index (χ4v) is 1.24. The van der Waals surface area contributed by atoms with Gasteiger partial charge in [-0.15, -0.1) is 0 Å². The standard InChI is InChI=1S/C12H17N3O/c1-8(2)15-12(16)6-3-9-7-10(13)4-5-11(9)14/h3-8H,13-14H2,1-2H3,(H,15,16)/b6-3+. The monoisotopic (exact) mass is 219 g/mol. The molecule has 0 aliphatic rings. The molecule has 16 heavy (non-hydrogen) atoms. The third-order valence-electron chi connectivity index (χ3n) is 1.96. The lowest BCUT2D eigenvalue weighted by molar-refractivity contribution is -0.116. The van der Waals surface area contributed by atoms with Crippen LogP contribution in [0, 0.1) is 0 Å². The fraction of sp³-hybridized carbons (Fsp3) is 0.250. The molecule has 4 heteroatoms. The molecule has 1 aromatic rings. The zero-order valence-electron chi connectivity index (χ0n) is 9.53. The quantitative estimate of drug-likeness (QED) is 0.530. The highest BCUT2D eigenvalue weighted by molar-refractivity contribution is 5.92. The van der Waals surface area contributed by atoms with E-state index >= 15 is 0 Å². The van der Waals surface area contributed by atoms with E-state index in [-0.39, 0.29) is 11.9 Å². The molecule has 0 aromatic heterocycles. The highest BCUT2D eigenvalue weighted by atomic mass is 16.1. The molecular formula is C12H17N3O. The van der Waals surface area contributed by atoms with Gasteiger partial charge >= 0.3 is 0 Å². The van der Waals surface area contributed by atoms with Gasteiger partial charge in [0.25, 0.3) is 0 Å². The van der Waals surface area contributed by atoms with Crippen molar-refractivity contribution in [2.45, 2.75) is 19.9 Å². The Kier molecular flexibility index (Phi) is 3.94. The molecule has 1 aromatic carbocycles. The summed E-state index contributed by atoms with van der Waals surface area (Å²) in [5.41, 5.74) is 13.3. The van der Waals surface area contributed by atoms with E-state index in [1.54, 1.807) is 24.3 Å². The SMILES string of the molecule is CC(C)NC(=O)/C=C/c1cc(N)ccc1N. The van der Waals surface area contributed by atoms with E-state index < -0.39 is 0 Å². The fourth-order valence-electron chi connectivity index (χ4n) is 1.24. The molecule has 0 atom stereocenters. The maximum atomic E-state index is 11.4. The molecule has 0 aliphatic carbocycles. The Morgan fingerprint density at radius 1 is 1.38 bits per heavy atom. The molecule has 0 saturated carbocycles. The van der Waals surface area contributed by atoms with E-state index in [1.165, 1.54) is 6.08 Å². The molecule has 0 heterocycles. The minimum absolute atomic E-state index is 0.121. The summed E-state index contributed by atoms with van der Waals surface area (Å²) in [6.07, 6.45) is 3.11. The van der Waals surface area contributed by atoms with Gasteiger partial charge in [-0.25, -0.2) is 0 Å². The molecule has 0 bridgehead atoms. The Bertz CT molecular complexity index is 411. The van der Waals surface area contributed by atoms with Gasteiger partial charge in [0.1, 0.15) is 0 Å². The van der Waals surface area contributed by atoms with Gasteiger partial charge in [0.15, 0.2) is 0 Å². The molecule has 0 saturated heterocycles. The van der Waals surface area contributed by atoms with E-state index in [0.717, 1.165) is 5.56 Å². The van der Waals surface area contributed by atoms with Crippen LogP contribution in [-0.2, 0) is 4.79 Å². The second-order valence-corrected chi connectivity index (χ2v) is 3.88. The van der Waals surface area contributed by atoms with E-state index in [0.29, 0.717) is 11.4 Å². The summed E-state index contributed by atoms with van der Waals surface area (Å²) in [6, 6.07) is 5.29. The first-order valence-electron chi connectivity index (χ1n) is 5.12. The predicted molar refractivity (Wildman–Crippen MR) is 67.6 cm³/mol. The maximum Gasteiger partial charge on any atom is 0.244 e. The van der Waals surface area contributed by atoms with Crippen LogP contribution in [-0.4, -0.2) is 11.9 Å². The summed E-state index contributed by atoms with van der Waals surface area (Å²) >= 11 is 0. The Morgan fingerprint density at radius 3 is 2.69 bits per heavy atom. The number of rotatable bonds is 3.